The van der Waals surface area contributed by atoms with E-state index in [0.717, 1.165) is 28.1 Å². The smallest absolute Gasteiger partial charge is 0.262 e. The van der Waals surface area contributed by atoms with Gasteiger partial charge in [-0.15, -0.1) is 0 Å². The zero-order valence-corrected chi connectivity index (χ0v) is 16.3. The molecule has 0 aliphatic carbocycles. The van der Waals surface area contributed by atoms with E-state index in [1.54, 1.807) is 19.1 Å². The molecule has 136 valence electrons. The number of hydrogen-bond acceptors (Lipinski definition) is 3. The average Bonchev–Trinajstić information content (AvgIpc) is 2.87. The van der Waals surface area contributed by atoms with Gasteiger partial charge in [0.25, 0.3) is 10.0 Å². The number of hydrogen-bond donors (Lipinski definition) is 1. The minimum absolute atomic E-state index is 0.307. The van der Waals surface area contributed by atoms with Crippen molar-refractivity contribution in [3.05, 3.63) is 76.6 Å². The number of aryl methyl sites for hydroxylation is 4. The summed E-state index contributed by atoms with van der Waals surface area (Å²) in [5.41, 5.74) is 5.21. The Morgan fingerprint density at radius 1 is 1.00 bits per heavy atom. The van der Waals surface area contributed by atoms with Gasteiger partial charge >= 0.3 is 0 Å². The number of rotatable bonds is 5. The number of sulfonamides is 1. The second-order valence-electron chi connectivity index (χ2n) is 6.66. The summed E-state index contributed by atoms with van der Waals surface area (Å²) in [5, 5.41) is 4.46. The van der Waals surface area contributed by atoms with E-state index in [1.807, 2.05) is 61.9 Å². The van der Waals surface area contributed by atoms with Gasteiger partial charge in [0.15, 0.2) is 0 Å². The number of nitrogens with zero attached hydrogens (tertiary/aromatic N) is 2. The van der Waals surface area contributed by atoms with Crippen LogP contribution in [0.3, 0.4) is 0 Å². The van der Waals surface area contributed by atoms with Crippen molar-refractivity contribution in [2.75, 3.05) is 4.72 Å². The highest BCUT2D eigenvalue weighted by Gasteiger charge is 2.17. The van der Waals surface area contributed by atoms with E-state index in [0.29, 0.717) is 17.1 Å². The van der Waals surface area contributed by atoms with E-state index >= 15 is 0 Å². The van der Waals surface area contributed by atoms with E-state index < -0.39 is 10.0 Å². The van der Waals surface area contributed by atoms with Crippen molar-refractivity contribution in [2.24, 2.45) is 0 Å². The van der Waals surface area contributed by atoms with Gasteiger partial charge in [-0.05, 0) is 68.7 Å². The first kappa shape index (κ1) is 18.2. The van der Waals surface area contributed by atoms with Crippen LogP contribution in [0, 0.1) is 27.7 Å². The topological polar surface area (TPSA) is 64.0 Å². The van der Waals surface area contributed by atoms with Crippen molar-refractivity contribution in [3.8, 4) is 0 Å². The molecule has 0 atom stereocenters. The minimum Gasteiger partial charge on any atom is -0.280 e. The molecule has 1 N–H and O–H groups in total. The van der Waals surface area contributed by atoms with Crippen molar-refractivity contribution >= 4 is 15.7 Å². The third-order valence-corrected chi connectivity index (χ3v) is 5.77. The zero-order chi connectivity index (χ0) is 18.9. The minimum atomic E-state index is -3.63. The zero-order valence-electron chi connectivity index (χ0n) is 15.4. The highest BCUT2D eigenvalue weighted by molar-refractivity contribution is 7.92. The van der Waals surface area contributed by atoms with E-state index in [9.17, 15) is 8.42 Å². The van der Waals surface area contributed by atoms with Crippen LogP contribution >= 0.6 is 0 Å². The summed E-state index contributed by atoms with van der Waals surface area (Å²) in [6, 6.07) is 14.9. The SMILES string of the molecule is Cc1ccc(C)c(S(=O)(=O)Nc2cccc(Cn3nc(C)cc3C)c2)c1. The molecule has 1 aromatic heterocycles. The average molecular weight is 369 g/mol. The predicted octanol–water partition coefficient (Wildman–Crippen LogP) is 3.97. The Labute approximate surface area is 154 Å². The molecule has 1 heterocycles. The molecule has 0 saturated carbocycles. The Balaban J connectivity index is 1.86. The monoisotopic (exact) mass is 369 g/mol. The Morgan fingerprint density at radius 3 is 2.46 bits per heavy atom. The van der Waals surface area contributed by atoms with Crippen molar-refractivity contribution < 1.29 is 8.42 Å². The maximum absolute atomic E-state index is 12.8. The molecule has 6 heteroatoms. The van der Waals surface area contributed by atoms with Crippen LogP contribution in [-0.2, 0) is 16.6 Å². The molecule has 2 aromatic carbocycles. The van der Waals surface area contributed by atoms with Crippen LogP contribution in [0.2, 0.25) is 0 Å². The summed E-state index contributed by atoms with van der Waals surface area (Å²) >= 11 is 0. The third kappa shape index (κ3) is 3.96. The van der Waals surface area contributed by atoms with Crippen LogP contribution in [0.5, 0.6) is 0 Å². The van der Waals surface area contributed by atoms with E-state index in [2.05, 4.69) is 9.82 Å². The summed E-state index contributed by atoms with van der Waals surface area (Å²) in [6.45, 7) is 8.24. The lowest BCUT2D eigenvalue weighted by molar-refractivity contribution is 0.600. The van der Waals surface area contributed by atoms with Gasteiger partial charge in [0.2, 0.25) is 0 Å². The van der Waals surface area contributed by atoms with E-state index in [-0.39, 0.29) is 0 Å². The third-order valence-electron chi connectivity index (χ3n) is 4.25. The molecule has 0 saturated heterocycles. The molecular formula is C20H23N3O2S. The fourth-order valence-electron chi connectivity index (χ4n) is 2.95. The summed E-state index contributed by atoms with van der Waals surface area (Å²) in [5.74, 6) is 0. The molecule has 5 nitrogen and oxygen atoms in total. The molecule has 0 spiro atoms. The van der Waals surface area contributed by atoms with Gasteiger partial charge in [0, 0.05) is 11.4 Å². The first-order chi connectivity index (χ1) is 12.2. The highest BCUT2D eigenvalue weighted by atomic mass is 32.2. The van der Waals surface area contributed by atoms with Gasteiger partial charge in [-0.3, -0.25) is 9.40 Å². The molecule has 0 radical (unpaired) electrons. The molecule has 0 aliphatic heterocycles. The van der Waals surface area contributed by atoms with E-state index in [4.69, 9.17) is 0 Å². The summed E-state index contributed by atoms with van der Waals surface area (Å²) < 4.78 is 30.1. The highest BCUT2D eigenvalue weighted by Crippen LogP contribution is 2.21. The fourth-order valence-corrected chi connectivity index (χ4v) is 4.33. The second kappa shape index (κ2) is 6.96. The largest absolute Gasteiger partial charge is 0.280 e. The summed E-state index contributed by atoms with van der Waals surface area (Å²) in [4.78, 5) is 0.307. The second-order valence-corrected chi connectivity index (χ2v) is 8.31. The number of aromatic nitrogens is 2. The van der Waals surface area contributed by atoms with Crippen molar-refractivity contribution in [2.45, 2.75) is 39.1 Å². The lowest BCUT2D eigenvalue weighted by atomic mass is 10.2. The summed E-state index contributed by atoms with van der Waals surface area (Å²) in [6.07, 6.45) is 0. The molecule has 3 aromatic rings. The van der Waals surface area contributed by atoms with Crippen LogP contribution in [0.4, 0.5) is 5.69 Å². The Kier molecular flexibility index (Phi) is 4.87. The first-order valence-corrected chi connectivity index (χ1v) is 9.93. The number of benzene rings is 2. The van der Waals surface area contributed by atoms with Crippen LogP contribution < -0.4 is 4.72 Å². The van der Waals surface area contributed by atoms with Gasteiger partial charge in [0.05, 0.1) is 17.1 Å². The van der Waals surface area contributed by atoms with E-state index in [1.165, 1.54) is 0 Å². The summed E-state index contributed by atoms with van der Waals surface area (Å²) in [7, 11) is -3.63. The van der Waals surface area contributed by atoms with Gasteiger partial charge < -0.3 is 0 Å². The molecule has 0 amide bonds. The number of nitrogens with one attached hydrogen (secondary N) is 1. The normalized spacial score (nSPS) is 11.5. The van der Waals surface area contributed by atoms with Crippen molar-refractivity contribution in [3.63, 3.8) is 0 Å². The van der Waals surface area contributed by atoms with Gasteiger partial charge in [-0.1, -0.05) is 24.3 Å². The standard InChI is InChI=1S/C20H23N3O2S/c1-14-8-9-15(2)20(10-14)26(24,25)22-19-7-5-6-18(12-19)13-23-17(4)11-16(3)21-23/h5-12,22H,13H2,1-4H3. The van der Waals surface area contributed by atoms with Crippen LogP contribution in [0.15, 0.2) is 53.4 Å². The van der Waals surface area contributed by atoms with Crippen LogP contribution in [0.25, 0.3) is 0 Å². The fraction of sp³-hybridized carbons (Fsp3) is 0.250. The molecule has 0 aliphatic rings. The Morgan fingerprint density at radius 2 is 1.77 bits per heavy atom. The van der Waals surface area contributed by atoms with Gasteiger partial charge in [-0.2, -0.15) is 5.10 Å². The quantitative estimate of drug-likeness (QED) is 0.740. The molecule has 3 rings (SSSR count). The Bertz CT molecular complexity index is 1050. The Hall–Kier alpha value is -2.60. The molecular weight excluding hydrogens is 346 g/mol. The maximum atomic E-state index is 12.8. The lowest BCUT2D eigenvalue weighted by Crippen LogP contribution is -2.15. The van der Waals surface area contributed by atoms with Crippen LogP contribution in [0.1, 0.15) is 28.1 Å². The molecule has 26 heavy (non-hydrogen) atoms. The van der Waals surface area contributed by atoms with Crippen molar-refractivity contribution in [1.29, 1.82) is 0 Å². The number of anilines is 1. The maximum Gasteiger partial charge on any atom is 0.262 e. The molecule has 0 fully saturated rings. The van der Waals surface area contributed by atoms with Crippen LogP contribution in [-0.4, -0.2) is 18.2 Å². The predicted molar refractivity (Wildman–Crippen MR) is 104 cm³/mol. The molecule has 0 unspecified atom stereocenters. The molecule has 0 bridgehead atoms. The van der Waals surface area contributed by atoms with Crippen molar-refractivity contribution in [1.82, 2.24) is 9.78 Å². The van der Waals surface area contributed by atoms with Gasteiger partial charge in [-0.25, -0.2) is 8.42 Å². The van der Waals surface area contributed by atoms with Gasteiger partial charge in [0.1, 0.15) is 0 Å². The first-order valence-electron chi connectivity index (χ1n) is 8.45. The lowest BCUT2D eigenvalue weighted by Gasteiger charge is -2.12.